The molecule has 1 amide bonds. The summed E-state index contributed by atoms with van der Waals surface area (Å²) >= 11 is 0. The minimum atomic E-state index is 0.0152. The minimum Gasteiger partial charge on any atom is -0.497 e. The average molecular weight is 351 g/mol. The second-order valence-electron chi connectivity index (χ2n) is 5.82. The third-order valence-electron chi connectivity index (χ3n) is 3.93. The molecule has 0 aliphatic heterocycles. The van der Waals surface area contributed by atoms with Crippen molar-refractivity contribution in [1.82, 2.24) is 15.5 Å². The molecule has 3 aromatic rings. The molecule has 0 radical (unpaired) electrons. The maximum Gasteiger partial charge on any atom is 0.247 e. The molecule has 0 spiro atoms. The molecule has 0 aliphatic carbocycles. The number of amides is 1. The zero-order valence-electron chi connectivity index (χ0n) is 14.6. The van der Waals surface area contributed by atoms with Crippen LogP contribution in [0.3, 0.4) is 0 Å². The second kappa shape index (κ2) is 8.80. The zero-order valence-corrected chi connectivity index (χ0v) is 14.6. The summed E-state index contributed by atoms with van der Waals surface area (Å²) in [5.41, 5.74) is 1.96. The Balaban J connectivity index is 1.45. The van der Waals surface area contributed by atoms with Gasteiger partial charge in [0.05, 0.1) is 7.11 Å². The predicted molar refractivity (Wildman–Crippen MR) is 97.8 cm³/mol. The molecule has 0 unspecified atom stereocenters. The Labute approximate surface area is 152 Å². The molecular formula is C20H21N3O3. The summed E-state index contributed by atoms with van der Waals surface area (Å²) in [6.45, 7) is 0.466. The standard InChI is InChI=1S/C20H21N3O3/c1-25-17-9-5-8-16(14-17)20-23-22-19(26-20)12-13-21-18(24)11-10-15-6-3-2-4-7-15/h2-9,14H,10-13H2,1H3,(H,21,24). The predicted octanol–water partition coefficient (Wildman–Crippen LogP) is 3.04. The lowest BCUT2D eigenvalue weighted by atomic mass is 10.1. The van der Waals surface area contributed by atoms with Crippen molar-refractivity contribution in [3.63, 3.8) is 0 Å². The molecule has 0 fully saturated rings. The van der Waals surface area contributed by atoms with Crippen LogP contribution in [-0.2, 0) is 17.6 Å². The number of benzene rings is 2. The largest absolute Gasteiger partial charge is 0.497 e. The lowest BCUT2D eigenvalue weighted by Gasteiger charge is -2.03. The fourth-order valence-electron chi connectivity index (χ4n) is 2.53. The van der Waals surface area contributed by atoms with E-state index in [0.29, 0.717) is 31.2 Å². The molecule has 0 saturated heterocycles. The number of methoxy groups -OCH3 is 1. The third-order valence-corrected chi connectivity index (χ3v) is 3.93. The van der Waals surface area contributed by atoms with Gasteiger partial charge in [0.2, 0.25) is 17.7 Å². The molecule has 1 N–H and O–H groups in total. The first-order valence-corrected chi connectivity index (χ1v) is 8.52. The summed E-state index contributed by atoms with van der Waals surface area (Å²) in [6, 6.07) is 17.4. The fourth-order valence-corrected chi connectivity index (χ4v) is 2.53. The number of rotatable bonds is 8. The lowest BCUT2D eigenvalue weighted by Crippen LogP contribution is -2.25. The van der Waals surface area contributed by atoms with Gasteiger partial charge in [-0.15, -0.1) is 10.2 Å². The molecule has 3 rings (SSSR count). The molecule has 1 aromatic heterocycles. The number of carbonyl (C=O) groups excluding carboxylic acids is 1. The van der Waals surface area contributed by atoms with E-state index in [9.17, 15) is 4.79 Å². The fraction of sp³-hybridized carbons (Fsp3) is 0.250. The van der Waals surface area contributed by atoms with Crippen molar-refractivity contribution in [3.8, 4) is 17.2 Å². The summed E-state index contributed by atoms with van der Waals surface area (Å²) in [6.07, 6.45) is 1.68. The third kappa shape index (κ3) is 4.92. The van der Waals surface area contributed by atoms with Gasteiger partial charge in [-0.25, -0.2) is 0 Å². The number of nitrogens with zero attached hydrogens (tertiary/aromatic N) is 2. The number of carbonyl (C=O) groups is 1. The molecule has 6 heteroatoms. The van der Waals surface area contributed by atoms with Crippen LogP contribution in [0.5, 0.6) is 5.75 Å². The van der Waals surface area contributed by atoms with Crippen molar-refractivity contribution in [3.05, 3.63) is 66.1 Å². The maximum atomic E-state index is 11.9. The van der Waals surface area contributed by atoms with Gasteiger partial charge in [-0.3, -0.25) is 4.79 Å². The molecule has 1 heterocycles. The Morgan fingerprint density at radius 2 is 1.92 bits per heavy atom. The SMILES string of the molecule is COc1cccc(-c2nnc(CCNC(=O)CCc3ccccc3)o2)c1. The van der Waals surface area contributed by atoms with Gasteiger partial charge in [-0.2, -0.15) is 0 Å². The van der Waals surface area contributed by atoms with Crippen molar-refractivity contribution >= 4 is 5.91 Å². The second-order valence-corrected chi connectivity index (χ2v) is 5.82. The van der Waals surface area contributed by atoms with Crippen LogP contribution in [0.4, 0.5) is 0 Å². The van der Waals surface area contributed by atoms with Crippen molar-refractivity contribution in [2.75, 3.05) is 13.7 Å². The summed E-state index contributed by atoms with van der Waals surface area (Å²) in [5, 5.41) is 11.0. The van der Waals surface area contributed by atoms with Crippen LogP contribution < -0.4 is 10.1 Å². The van der Waals surface area contributed by atoms with E-state index in [0.717, 1.165) is 23.3 Å². The number of hydrogen-bond donors (Lipinski definition) is 1. The van der Waals surface area contributed by atoms with E-state index in [4.69, 9.17) is 9.15 Å². The highest BCUT2D eigenvalue weighted by Gasteiger charge is 2.10. The molecule has 6 nitrogen and oxygen atoms in total. The van der Waals surface area contributed by atoms with Crippen LogP contribution in [0, 0.1) is 0 Å². The van der Waals surface area contributed by atoms with Gasteiger partial charge in [0.15, 0.2) is 0 Å². The quantitative estimate of drug-likeness (QED) is 0.675. The van der Waals surface area contributed by atoms with E-state index in [1.807, 2.05) is 54.6 Å². The van der Waals surface area contributed by atoms with Gasteiger partial charge in [-0.05, 0) is 30.2 Å². The number of ether oxygens (including phenoxy) is 1. The lowest BCUT2D eigenvalue weighted by molar-refractivity contribution is -0.121. The van der Waals surface area contributed by atoms with E-state index in [-0.39, 0.29) is 5.91 Å². The van der Waals surface area contributed by atoms with Gasteiger partial charge in [0, 0.05) is 24.9 Å². The number of aryl methyl sites for hydroxylation is 1. The smallest absolute Gasteiger partial charge is 0.247 e. The summed E-state index contributed by atoms with van der Waals surface area (Å²) in [5.74, 6) is 1.68. The Bertz CT molecular complexity index is 846. The molecule has 2 aromatic carbocycles. The Hall–Kier alpha value is -3.15. The highest BCUT2D eigenvalue weighted by atomic mass is 16.5. The van der Waals surface area contributed by atoms with Crippen LogP contribution >= 0.6 is 0 Å². The molecule has 0 saturated carbocycles. The van der Waals surface area contributed by atoms with Crippen LogP contribution in [0.1, 0.15) is 17.9 Å². The average Bonchev–Trinajstić information content (AvgIpc) is 3.16. The summed E-state index contributed by atoms with van der Waals surface area (Å²) in [4.78, 5) is 11.9. The Morgan fingerprint density at radius 3 is 2.73 bits per heavy atom. The molecule has 0 bridgehead atoms. The highest BCUT2D eigenvalue weighted by molar-refractivity contribution is 5.76. The van der Waals surface area contributed by atoms with Crippen LogP contribution in [0.25, 0.3) is 11.5 Å². The van der Waals surface area contributed by atoms with Crippen LogP contribution in [0.2, 0.25) is 0 Å². The van der Waals surface area contributed by atoms with Crippen molar-refractivity contribution in [2.24, 2.45) is 0 Å². The van der Waals surface area contributed by atoms with Crippen molar-refractivity contribution < 1.29 is 13.9 Å². The van der Waals surface area contributed by atoms with E-state index in [2.05, 4.69) is 15.5 Å². The molecule has 0 atom stereocenters. The topological polar surface area (TPSA) is 77.3 Å². The normalized spacial score (nSPS) is 10.5. The first-order chi connectivity index (χ1) is 12.7. The number of nitrogens with one attached hydrogen (secondary N) is 1. The molecule has 26 heavy (non-hydrogen) atoms. The van der Waals surface area contributed by atoms with Gasteiger partial charge in [0.25, 0.3) is 0 Å². The number of aromatic nitrogens is 2. The van der Waals surface area contributed by atoms with Gasteiger partial charge in [0.1, 0.15) is 5.75 Å². The summed E-state index contributed by atoms with van der Waals surface area (Å²) in [7, 11) is 1.61. The van der Waals surface area contributed by atoms with Gasteiger partial charge in [-0.1, -0.05) is 36.4 Å². The zero-order chi connectivity index (χ0) is 18.2. The van der Waals surface area contributed by atoms with Gasteiger partial charge >= 0.3 is 0 Å². The van der Waals surface area contributed by atoms with Crippen LogP contribution in [0.15, 0.2) is 59.0 Å². The summed E-state index contributed by atoms with van der Waals surface area (Å²) < 4.78 is 10.8. The monoisotopic (exact) mass is 351 g/mol. The highest BCUT2D eigenvalue weighted by Crippen LogP contribution is 2.22. The van der Waals surface area contributed by atoms with Crippen molar-refractivity contribution in [2.45, 2.75) is 19.3 Å². The Kier molecular flexibility index (Phi) is 5.98. The molecule has 0 aliphatic rings. The van der Waals surface area contributed by atoms with Gasteiger partial charge < -0.3 is 14.5 Å². The molecular weight excluding hydrogens is 330 g/mol. The van der Waals surface area contributed by atoms with E-state index >= 15 is 0 Å². The van der Waals surface area contributed by atoms with Crippen molar-refractivity contribution in [1.29, 1.82) is 0 Å². The van der Waals surface area contributed by atoms with E-state index < -0.39 is 0 Å². The first kappa shape index (κ1) is 17.7. The van der Waals surface area contributed by atoms with E-state index in [1.54, 1.807) is 7.11 Å². The number of hydrogen-bond acceptors (Lipinski definition) is 5. The maximum absolute atomic E-state index is 11.9. The Morgan fingerprint density at radius 1 is 1.08 bits per heavy atom. The van der Waals surface area contributed by atoms with Crippen LogP contribution in [-0.4, -0.2) is 29.8 Å². The minimum absolute atomic E-state index is 0.0152. The van der Waals surface area contributed by atoms with E-state index in [1.165, 1.54) is 0 Å². The molecule has 134 valence electrons. The first-order valence-electron chi connectivity index (χ1n) is 8.52.